The molecule has 6 nitrogen and oxygen atoms in total. The second-order valence-corrected chi connectivity index (χ2v) is 18.9. The molecule has 0 spiro atoms. The van der Waals surface area contributed by atoms with Gasteiger partial charge in [-0.25, -0.2) is 0 Å². The van der Waals surface area contributed by atoms with Crippen molar-refractivity contribution in [3.63, 3.8) is 0 Å². The summed E-state index contributed by atoms with van der Waals surface area (Å²) < 4.78 is 0. The van der Waals surface area contributed by atoms with E-state index in [0.29, 0.717) is 11.3 Å². The number of hydrogen-bond donors (Lipinski definition) is 2. The maximum Gasteiger partial charge on any atom is 0.0723 e. The molecule has 5 heterocycles. The van der Waals surface area contributed by atoms with E-state index in [1.165, 1.54) is 21.2 Å². The Bertz CT molecular complexity index is 2250. The monoisotopic (exact) mass is 686 g/mol. The van der Waals surface area contributed by atoms with Crippen molar-refractivity contribution in [1.29, 1.82) is 0 Å². The summed E-state index contributed by atoms with van der Waals surface area (Å²) in [5.74, 6) is 0. The van der Waals surface area contributed by atoms with Crippen LogP contribution in [-0.4, -0.2) is 31.3 Å². The van der Waals surface area contributed by atoms with Crippen LogP contribution >= 0.6 is 15.8 Å². The molecule has 0 unspecified atom stereocenters. The van der Waals surface area contributed by atoms with Crippen LogP contribution in [0.4, 0.5) is 22.7 Å². The van der Waals surface area contributed by atoms with E-state index < -0.39 is 15.8 Å². The SMILES string of the molecule is CC(C)P1c2cc3cccnc3cc2Nc2cc3ncccc3cc2P(C(C)C)c2cc3cccnc3cc2Nc2cc3ncccc3cc21. The summed E-state index contributed by atoms with van der Waals surface area (Å²) in [5.41, 5.74) is 8.92. The number of nitrogens with zero attached hydrogens (tertiary/aromatic N) is 4. The fourth-order valence-electron chi connectivity index (χ4n) is 7.29. The van der Waals surface area contributed by atoms with Gasteiger partial charge in [-0.3, -0.25) is 19.9 Å². The molecule has 4 aromatic heterocycles. The largest absolute Gasteiger partial charge is 0.354 e. The third kappa shape index (κ3) is 5.35. The average molecular weight is 687 g/mol. The van der Waals surface area contributed by atoms with Gasteiger partial charge in [-0.05, 0) is 100.0 Å². The minimum Gasteiger partial charge on any atom is -0.354 e. The van der Waals surface area contributed by atoms with E-state index in [0.717, 1.165) is 66.4 Å². The van der Waals surface area contributed by atoms with Gasteiger partial charge in [0.15, 0.2) is 0 Å². The lowest BCUT2D eigenvalue weighted by atomic mass is 10.1. The summed E-state index contributed by atoms with van der Waals surface area (Å²) in [7, 11) is -1.76. The highest BCUT2D eigenvalue weighted by Crippen LogP contribution is 2.49. The Kier molecular flexibility index (Phi) is 7.68. The summed E-state index contributed by atoms with van der Waals surface area (Å²) in [6.45, 7) is 9.39. The molecule has 0 bridgehead atoms. The molecule has 9 rings (SSSR count). The molecule has 4 aromatic carbocycles. The number of pyridine rings is 4. The van der Waals surface area contributed by atoms with Gasteiger partial charge in [0.25, 0.3) is 0 Å². The number of nitrogens with one attached hydrogen (secondary N) is 2. The van der Waals surface area contributed by atoms with Gasteiger partial charge in [0.1, 0.15) is 0 Å². The van der Waals surface area contributed by atoms with Gasteiger partial charge in [-0.2, -0.15) is 0 Å². The topological polar surface area (TPSA) is 75.6 Å². The first-order chi connectivity index (χ1) is 24.4. The van der Waals surface area contributed by atoms with E-state index in [1.807, 2.05) is 49.1 Å². The average Bonchev–Trinajstić information content (AvgIpc) is 3.11. The van der Waals surface area contributed by atoms with Crippen molar-refractivity contribution < 1.29 is 0 Å². The molecule has 1 aliphatic rings. The summed E-state index contributed by atoms with van der Waals surface area (Å²) >= 11 is 0. The van der Waals surface area contributed by atoms with E-state index in [1.54, 1.807) is 0 Å². The number of anilines is 4. The van der Waals surface area contributed by atoms with Crippen LogP contribution < -0.4 is 31.9 Å². The van der Waals surface area contributed by atoms with Crippen LogP contribution in [0.5, 0.6) is 0 Å². The van der Waals surface area contributed by atoms with Gasteiger partial charge < -0.3 is 10.6 Å². The van der Waals surface area contributed by atoms with E-state index in [-0.39, 0.29) is 0 Å². The number of hydrogen-bond acceptors (Lipinski definition) is 6. The highest BCUT2D eigenvalue weighted by atomic mass is 31.1. The van der Waals surface area contributed by atoms with Crippen LogP contribution in [0.1, 0.15) is 27.7 Å². The Morgan fingerprint density at radius 1 is 0.400 bits per heavy atom. The maximum absolute atomic E-state index is 4.81. The van der Waals surface area contributed by atoms with E-state index in [2.05, 4.69) is 111 Å². The number of rotatable bonds is 2. The first kappa shape index (κ1) is 31.0. The number of aromatic nitrogens is 4. The third-order valence-electron chi connectivity index (χ3n) is 9.49. The van der Waals surface area contributed by atoms with Crippen LogP contribution in [-0.2, 0) is 0 Å². The van der Waals surface area contributed by atoms with Gasteiger partial charge >= 0.3 is 0 Å². The Balaban J connectivity index is 1.43. The van der Waals surface area contributed by atoms with E-state index in [4.69, 9.17) is 19.9 Å². The van der Waals surface area contributed by atoms with Gasteiger partial charge in [-0.1, -0.05) is 52.0 Å². The van der Waals surface area contributed by atoms with E-state index >= 15 is 0 Å². The van der Waals surface area contributed by atoms with Crippen molar-refractivity contribution in [3.05, 3.63) is 122 Å². The number of benzene rings is 4. The quantitative estimate of drug-likeness (QED) is 0.177. The van der Waals surface area contributed by atoms with Crippen molar-refractivity contribution in [1.82, 2.24) is 19.9 Å². The zero-order chi connectivity index (χ0) is 33.9. The normalized spacial score (nSPS) is 15.9. The van der Waals surface area contributed by atoms with Crippen LogP contribution in [0, 0.1) is 0 Å². The summed E-state index contributed by atoms with van der Waals surface area (Å²) in [6.07, 6.45) is 7.53. The van der Waals surface area contributed by atoms with Crippen molar-refractivity contribution in [2.45, 2.75) is 39.0 Å². The zero-order valence-electron chi connectivity index (χ0n) is 28.4. The van der Waals surface area contributed by atoms with Gasteiger partial charge in [-0.15, -0.1) is 0 Å². The van der Waals surface area contributed by atoms with Crippen molar-refractivity contribution >= 4 is 103 Å². The predicted octanol–water partition coefficient (Wildman–Crippen LogP) is 9.36. The van der Waals surface area contributed by atoms with Gasteiger partial charge in [0.2, 0.25) is 0 Å². The van der Waals surface area contributed by atoms with Crippen LogP contribution in [0.15, 0.2) is 122 Å². The lowest BCUT2D eigenvalue weighted by molar-refractivity contribution is 1.10. The van der Waals surface area contributed by atoms with Crippen LogP contribution in [0.3, 0.4) is 0 Å². The predicted molar refractivity (Wildman–Crippen MR) is 216 cm³/mol. The molecule has 8 heteroatoms. The highest BCUT2D eigenvalue weighted by molar-refractivity contribution is 7.74. The Morgan fingerprint density at radius 2 is 0.660 bits per heavy atom. The fraction of sp³-hybridized carbons (Fsp3) is 0.143. The Labute approximate surface area is 293 Å². The zero-order valence-corrected chi connectivity index (χ0v) is 30.2. The molecule has 0 radical (unpaired) electrons. The molecular weight excluding hydrogens is 650 g/mol. The van der Waals surface area contributed by atoms with Gasteiger partial charge in [0, 0.05) is 90.3 Å². The Morgan fingerprint density at radius 3 is 0.900 bits per heavy atom. The number of fused-ring (bicyclic) bond motifs is 8. The molecule has 0 saturated carbocycles. The molecule has 50 heavy (non-hydrogen) atoms. The first-order valence-electron chi connectivity index (χ1n) is 17.1. The molecule has 0 atom stereocenters. The van der Waals surface area contributed by atoms with Crippen LogP contribution in [0.2, 0.25) is 0 Å². The fourth-order valence-corrected chi connectivity index (χ4v) is 12.7. The molecule has 0 fully saturated rings. The molecular formula is C42H36N6P2. The second-order valence-electron chi connectivity index (χ2n) is 13.4. The highest BCUT2D eigenvalue weighted by Gasteiger charge is 2.30. The molecule has 0 saturated heterocycles. The second kappa shape index (κ2) is 12.4. The first-order valence-corrected chi connectivity index (χ1v) is 19.9. The van der Waals surface area contributed by atoms with Crippen molar-refractivity contribution in [3.8, 4) is 0 Å². The molecule has 244 valence electrons. The van der Waals surface area contributed by atoms with Crippen molar-refractivity contribution in [2.24, 2.45) is 0 Å². The minimum absolute atomic E-state index is 0.334. The lowest BCUT2D eigenvalue weighted by Gasteiger charge is -2.32. The van der Waals surface area contributed by atoms with Gasteiger partial charge in [0.05, 0.1) is 22.1 Å². The maximum atomic E-state index is 4.81. The smallest absolute Gasteiger partial charge is 0.0723 e. The summed E-state index contributed by atoms with van der Waals surface area (Å²) in [5, 5.41) is 17.8. The third-order valence-corrected chi connectivity index (χ3v) is 15.1. The minimum atomic E-state index is -0.880. The molecule has 2 N–H and O–H groups in total. The van der Waals surface area contributed by atoms with Crippen LogP contribution in [0.25, 0.3) is 43.6 Å². The molecule has 0 aliphatic carbocycles. The molecule has 0 amide bonds. The van der Waals surface area contributed by atoms with E-state index in [9.17, 15) is 0 Å². The standard InChI is InChI=1S/C42H36N6P2/c1-25(2)49-39-17-27-9-5-13-43-31(27)21-35(39)47-37-23-33-29(11-7-15-45-33)19-41(37)50(26(3)4)42-20-30-12-8-16-46-34(30)24-38(42)48-36-22-32-28(18-40(36)49)10-6-14-44-32/h5-26,47-48H,1-4H3. The summed E-state index contributed by atoms with van der Waals surface area (Å²) in [6, 6.07) is 35.3. The summed E-state index contributed by atoms with van der Waals surface area (Å²) in [4.78, 5) is 19.3. The Hall–Kier alpha value is -5.02. The lowest BCUT2D eigenvalue weighted by Crippen LogP contribution is -2.27. The molecule has 8 aromatic rings. The van der Waals surface area contributed by atoms with Crippen molar-refractivity contribution in [2.75, 3.05) is 10.6 Å². The molecule has 1 aliphatic heterocycles.